The third kappa shape index (κ3) is 5.77. The van der Waals surface area contributed by atoms with E-state index in [1.165, 1.54) is 26.5 Å². The first-order chi connectivity index (χ1) is 9.58. The summed E-state index contributed by atoms with van der Waals surface area (Å²) in [5.41, 5.74) is 0. The topological polar surface area (TPSA) is 44.8 Å². The Bertz CT molecular complexity index is 286. The van der Waals surface area contributed by atoms with E-state index in [0.717, 1.165) is 32.5 Å². The van der Waals surface area contributed by atoms with Crippen LogP contribution in [0.15, 0.2) is 0 Å². The Kier molecular flexibility index (Phi) is 8.11. The van der Waals surface area contributed by atoms with Crippen LogP contribution in [0.2, 0.25) is 0 Å². The molecule has 1 heterocycles. The number of rotatable bonds is 8. The highest BCUT2D eigenvalue weighted by Crippen LogP contribution is 2.14. The molecule has 0 aliphatic carbocycles. The maximum Gasteiger partial charge on any atom is 0.322 e. The number of carbonyl (C=O) groups excluding carboxylic acids is 1. The Balaban J connectivity index is 2.38. The van der Waals surface area contributed by atoms with E-state index in [4.69, 9.17) is 4.74 Å². The van der Waals surface area contributed by atoms with Crippen molar-refractivity contribution in [2.24, 2.45) is 0 Å². The predicted octanol–water partition coefficient (Wildman–Crippen LogP) is 0.944. The molecule has 1 aliphatic heterocycles. The summed E-state index contributed by atoms with van der Waals surface area (Å²) in [5, 5.41) is 3.28. The van der Waals surface area contributed by atoms with Crippen molar-refractivity contribution in [1.29, 1.82) is 0 Å². The molecule has 5 heteroatoms. The minimum Gasteiger partial charge on any atom is -0.468 e. The number of methoxy groups -OCH3 is 1. The number of likely N-dealkylation sites (tertiary alicyclic amines) is 1. The molecule has 0 amide bonds. The van der Waals surface area contributed by atoms with Crippen LogP contribution in [0.4, 0.5) is 0 Å². The van der Waals surface area contributed by atoms with Gasteiger partial charge in [-0.3, -0.25) is 4.79 Å². The van der Waals surface area contributed by atoms with Gasteiger partial charge in [0, 0.05) is 19.1 Å². The molecule has 2 unspecified atom stereocenters. The lowest BCUT2D eigenvalue weighted by atomic mass is 10.0. The number of ether oxygens (including phenoxy) is 1. The number of piperidine rings is 1. The van der Waals surface area contributed by atoms with Gasteiger partial charge in [0.1, 0.15) is 6.04 Å². The molecule has 20 heavy (non-hydrogen) atoms. The van der Waals surface area contributed by atoms with Crippen LogP contribution in [0.1, 0.15) is 32.6 Å². The number of hydrogen-bond acceptors (Lipinski definition) is 5. The minimum atomic E-state index is -0.177. The summed E-state index contributed by atoms with van der Waals surface area (Å²) < 4.78 is 4.88. The second-order valence-electron chi connectivity index (χ2n) is 5.86. The molecule has 1 rings (SSSR count). The van der Waals surface area contributed by atoms with Crippen molar-refractivity contribution in [3.63, 3.8) is 0 Å². The van der Waals surface area contributed by atoms with Crippen molar-refractivity contribution in [2.75, 3.05) is 47.4 Å². The van der Waals surface area contributed by atoms with E-state index in [-0.39, 0.29) is 12.0 Å². The largest absolute Gasteiger partial charge is 0.468 e. The lowest BCUT2D eigenvalue weighted by molar-refractivity contribution is -0.143. The highest BCUT2D eigenvalue weighted by atomic mass is 16.5. The second kappa shape index (κ2) is 9.32. The van der Waals surface area contributed by atoms with Crippen LogP contribution in [0, 0.1) is 0 Å². The molecule has 0 aromatic heterocycles. The summed E-state index contributed by atoms with van der Waals surface area (Å²) in [6.07, 6.45) is 4.35. The van der Waals surface area contributed by atoms with Gasteiger partial charge in [0.05, 0.1) is 7.11 Å². The van der Waals surface area contributed by atoms with Crippen molar-refractivity contribution in [1.82, 2.24) is 15.1 Å². The van der Waals surface area contributed by atoms with E-state index in [9.17, 15) is 4.79 Å². The quantitative estimate of drug-likeness (QED) is 0.673. The van der Waals surface area contributed by atoms with Crippen LogP contribution in [0.5, 0.6) is 0 Å². The number of nitrogens with zero attached hydrogens (tertiary/aromatic N) is 2. The van der Waals surface area contributed by atoms with Gasteiger partial charge in [-0.25, -0.2) is 0 Å². The van der Waals surface area contributed by atoms with Crippen molar-refractivity contribution in [3.05, 3.63) is 0 Å². The fraction of sp³-hybridized carbons (Fsp3) is 0.933. The number of esters is 1. The summed E-state index contributed by atoms with van der Waals surface area (Å²) in [4.78, 5) is 16.5. The van der Waals surface area contributed by atoms with Gasteiger partial charge in [0.2, 0.25) is 0 Å². The summed E-state index contributed by atoms with van der Waals surface area (Å²) in [5.74, 6) is -0.146. The van der Waals surface area contributed by atoms with Gasteiger partial charge in [-0.2, -0.15) is 0 Å². The molecule has 0 saturated carbocycles. The first-order valence-corrected chi connectivity index (χ1v) is 7.78. The van der Waals surface area contributed by atoms with Gasteiger partial charge in [-0.15, -0.1) is 0 Å². The summed E-state index contributed by atoms with van der Waals surface area (Å²) >= 11 is 0. The van der Waals surface area contributed by atoms with Crippen LogP contribution < -0.4 is 5.32 Å². The van der Waals surface area contributed by atoms with Crippen molar-refractivity contribution < 1.29 is 9.53 Å². The normalized spacial score (nSPS) is 21.9. The van der Waals surface area contributed by atoms with Gasteiger partial charge >= 0.3 is 5.97 Å². The molecule has 5 nitrogen and oxygen atoms in total. The lowest BCUT2D eigenvalue weighted by Crippen LogP contribution is -2.47. The minimum absolute atomic E-state index is 0.146. The standard InChI is InChI=1S/C15H31N3O2/c1-5-9-16-14(15(19)20-4)8-11-18(3)13-7-6-10-17(2)12-13/h13-14,16H,5-12H2,1-4H3. The molecule has 1 fully saturated rings. The molecule has 0 aromatic rings. The molecule has 1 N–H and O–H groups in total. The molecule has 1 saturated heterocycles. The monoisotopic (exact) mass is 285 g/mol. The van der Waals surface area contributed by atoms with Crippen LogP contribution in [-0.4, -0.2) is 75.2 Å². The highest BCUT2D eigenvalue weighted by Gasteiger charge is 2.23. The number of carbonyl (C=O) groups is 1. The van der Waals surface area contributed by atoms with E-state index in [1.54, 1.807) is 0 Å². The first kappa shape index (κ1) is 17.4. The second-order valence-corrected chi connectivity index (χ2v) is 5.86. The average Bonchev–Trinajstić information content (AvgIpc) is 2.46. The first-order valence-electron chi connectivity index (χ1n) is 7.78. The smallest absolute Gasteiger partial charge is 0.322 e. The fourth-order valence-electron chi connectivity index (χ4n) is 2.78. The van der Waals surface area contributed by atoms with E-state index in [2.05, 4.69) is 36.1 Å². The zero-order chi connectivity index (χ0) is 15.0. The summed E-state index contributed by atoms with van der Waals surface area (Å²) in [6, 6.07) is 0.432. The molecule has 1 aliphatic rings. The maximum atomic E-state index is 11.7. The average molecular weight is 285 g/mol. The molecular formula is C15H31N3O2. The van der Waals surface area contributed by atoms with E-state index in [1.807, 2.05) is 0 Å². The Hall–Kier alpha value is -0.650. The van der Waals surface area contributed by atoms with Crippen LogP contribution in [0.3, 0.4) is 0 Å². The molecule has 118 valence electrons. The molecule has 2 atom stereocenters. The molecule has 0 radical (unpaired) electrons. The Labute approximate surface area is 123 Å². The van der Waals surface area contributed by atoms with Gasteiger partial charge in [0.15, 0.2) is 0 Å². The number of likely N-dealkylation sites (N-methyl/N-ethyl adjacent to an activating group) is 2. The Morgan fingerprint density at radius 3 is 2.90 bits per heavy atom. The number of nitrogens with one attached hydrogen (secondary N) is 1. The highest BCUT2D eigenvalue weighted by molar-refractivity contribution is 5.75. The predicted molar refractivity (Wildman–Crippen MR) is 81.9 cm³/mol. The van der Waals surface area contributed by atoms with E-state index < -0.39 is 0 Å². The van der Waals surface area contributed by atoms with Crippen molar-refractivity contribution in [2.45, 2.75) is 44.7 Å². The van der Waals surface area contributed by atoms with Crippen LogP contribution in [-0.2, 0) is 9.53 Å². The van der Waals surface area contributed by atoms with Gasteiger partial charge in [-0.05, 0) is 52.9 Å². The van der Waals surface area contributed by atoms with Crippen LogP contribution in [0.25, 0.3) is 0 Å². The van der Waals surface area contributed by atoms with Crippen molar-refractivity contribution in [3.8, 4) is 0 Å². The molecule has 0 aromatic carbocycles. The van der Waals surface area contributed by atoms with Gasteiger partial charge in [-0.1, -0.05) is 6.92 Å². The number of hydrogen-bond donors (Lipinski definition) is 1. The maximum absolute atomic E-state index is 11.7. The Morgan fingerprint density at radius 1 is 1.55 bits per heavy atom. The third-order valence-corrected chi connectivity index (χ3v) is 4.12. The Morgan fingerprint density at radius 2 is 2.30 bits per heavy atom. The van der Waals surface area contributed by atoms with Gasteiger partial charge in [0.25, 0.3) is 0 Å². The summed E-state index contributed by atoms with van der Waals surface area (Å²) in [7, 11) is 5.81. The molecular weight excluding hydrogens is 254 g/mol. The lowest BCUT2D eigenvalue weighted by Gasteiger charge is -2.36. The summed E-state index contributed by atoms with van der Waals surface area (Å²) in [6.45, 7) is 6.21. The zero-order valence-corrected chi connectivity index (χ0v) is 13.5. The molecule has 0 bridgehead atoms. The van der Waals surface area contributed by atoms with Crippen LogP contribution >= 0.6 is 0 Å². The van der Waals surface area contributed by atoms with Gasteiger partial charge < -0.3 is 19.9 Å². The van der Waals surface area contributed by atoms with Crippen molar-refractivity contribution >= 4 is 5.97 Å². The third-order valence-electron chi connectivity index (χ3n) is 4.12. The molecule has 0 spiro atoms. The van der Waals surface area contributed by atoms with E-state index in [0.29, 0.717) is 6.04 Å². The zero-order valence-electron chi connectivity index (χ0n) is 13.5. The fourth-order valence-corrected chi connectivity index (χ4v) is 2.78. The SMILES string of the molecule is CCCNC(CCN(C)C1CCCN(C)C1)C(=O)OC. The van der Waals surface area contributed by atoms with E-state index >= 15 is 0 Å².